The van der Waals surface area contributed by atoms with Gasteiger partial charge < -0.3 is 10.4 Å². The van der Waals surface area contributed by atoms with Crippen LogP contribution in [-0.2, 0) is 4.79 Å². The summed E-state index contributed by atoms with van der Waals surface area (Å²) in [7, 11) is 0. The van der Waals surface area contributed by atoms with Crippen LogP contribution < -0.4 is 5.32 Å². The van der Waals surface area contributed by atoms with Crippen molar-refractivity contribution < 1.29 is 23.5 Å². The number of rotatable bonds is 2. The molecule has 0 aliphatic carbocycles. The van der Waals surface area contributed by atoms with Crippen molar-refractivity contribution in [1.82, 2.24) is 10.2 Å². The number of halogens is 2. The van der Waals surface area contributed by atoms with E-state index in [1.54, 1.807) is 20.8 Å². The van der Waals surface area contributed by atoms with E-state index in [0.29, 0.717) is 6.42 Å². The summed E-state index contributed by atoms with van der Waals surface area (Å²) in [6, 6.07) is 3.11. The van der Waals surface area contributed by atoms with Crippen LogP contribution in [0.25, 0.3) is 0 Å². The zero-order valence-corrected chi connectivity index (χ0v) is 14.0. The quantitative estimate of drug-likeness (QED) is 0.869. The van der Waals surface area contributed by atoms with Crippen LogP contribution in [0.5, 0.6) is 0 Å². The molecule has 5 nitrogen and oxygen atoms in total. The maximum absolute atomic E-state index is 14.0. The molecule has 0 saturated carbocycles. The van der Waals surface area contributed by atoms with Gasteiger partial charge in [-0.05, 0) is 45.2 Å². The van der Waals surface area contributed by atoms with E-state index in [4.69, 9.17) is 0 Å². The van der Waals surface area contributed by atoms with Gasteiger partial charge in [0.25, 0.3) is 0 Å². The van der Waals surface area contributed by atoms with Gasteiger partial charge >= 0.3 is 6.09 Å². The maximum atomic E-state index is 14.0. The number of amides is 2. The van der Waals surface area contributed by atoms with E-state index in [1.165, 1.54) is 12.1 Å². The molecule has 2 amide bonds. The molecule has 2 rings (SSSR count). The molecule has 0 bridgehead atoms. The number of nitrogens with one attached hydrogen (secondary N) is 1. The first-order valence-electron chi connectivity index (χ1n) is 7.86. The van der Waals surface area contributed by atoms with Crippen molar-refractivity contribution >= 4 is 12.0 Å². The number of carboxylic acid groups (broad SMARTS) is 1. The van der Waals surface area contributed by atoms with Crippen molar-refractivity contribution in [3.8, 4) is 0 Å². The minimum Gasteiger partial charge on any atom is -0.465 e. The molecule has 1 heterocycles. The summed E-state index contributed by atoms with van der Waals surface area (Å²) in [5.41, 5.74) is -0.550. The topological polar surface area (TPSA) is 69.6 Å². The number of nitrogens with zero attached hydrogens (tertiary/aromatic N) is 1. The molecule has 0 spiro atoms. The highest BCUT2D eigenvalue weighted by atomic mass is 19.2. The first-order valence-corrected chi connectivity index (χ1v) is 7.86. The van der Waals surface area contributed by atoms with Crippen molar-refractivity contribution in [3.05, 3.63) is 35.4 Å². The molecular weight excluding hydrogens is 318 g/mol. The molecule has 24 heavy (non-hydrogen) atoms. The van der Waals surface area contributed by atoms with Gasteiger partial charge in [0.1, 0.15) is 6.04 Å². The van der Waals surface area contributed by atoms with Crippen LogP contribution in [0.1, 0.15) is 45.1 Å². The minimum absolute atomic E-state index is 0.146. The van der Waals surface area contributed by atoms with Crippen molar-refractivity contribution in [1.29, 1.82) is 0 Å². The van der Waals surface area contributed by atoms with Gasteiger partial charge in [0, 0.05) is 18.0 Å². The van der Waals surface area contributed by atoms with Crippen LogP contribution in [0.2, 0.25) is 0 Å². The molecule has 1 aliphatic rings. The average Bonchev–Trinajstić information content (AvgIpc) is 2.64. The van der Waals surface area contributed by atoms with Gasteiger partial charge in [0.15, 0.2) is 11.6 Å². The van der Waals surface area contributed by atoms with E-state index in [2.05, 4.69) is 5.32 Å². The van der Waals surface area contributed by atoms with Gasteiger partial charge in [-0.1, -0.05) is 12.1 Å². The molecule has 0 unspecified atom stereocenters. The van der Waals surface area contributed by atoms with Gasteiger partial charge in [-0.25, -0.2) is 13.6 Å². The number of carbonyl (C=O) groups is 2. The maximum Gasteiger partial charge on any atom is 0.408 e. The summed E-state index contributed by atoms with van der Waals surface area (Å²) in [5.74, 6) is -2.65. The van der Waals surface area contributed by atoms with Gasteiger partial charge in [-0.3, -0.25) is 9.69 Å². The molecule has 2 atom stereocenters. The molecule has 7 heteroatoms. The lowest BCUT2D eigenvalue weighted by Crippen LogP contribution is -2.56. The highest BCUT2D eigenvalue weighted by Gasteiger charge is 2.39. The molecule has 1 aromatic rings. The lowest BCUT2D eigenvalue weighted by molar-refractivity contribution is -0.127. The second-order valence-electron chi connectivity index (χ2n) is 7.00. The van der Waals surface area contributed by atoms with Crippen LogP contribution in [0.4, 0.5) is 13.6 Å². The monoisotopic (exact) mass is 340 g/mol. The van der Waals surface area contributed by atoms with Crippen molar-refractivity contribution in [3.63, 3.8) is 0 Å². The third-order valence-electron chi connectivity index (χ3n) is 4.28. The Labute approximate surface area is 139 Å². The molecule has 0 aromatic heterocycles. The number of hydrogen-bond acceptors (Lipinski definition) is 2. The Morgan fingerprint density at radius 3 is 2.54 bits per heavy atom. The number of carbonyl (C=O) groups excluding carboxylic acids is 1. The highest BCUT2D eigenvalue weighted by molar-refractivity contribution is 5.86. The highest BCUT2D eigenvalue weighted by Crippen LogP contribution is 2.30. The van der Waals surface area contributed by atoms with Gasteiger partial charge in [0.05, 0.1) is 0 Å². The van der Waals surface area contributed by atoms with Gasteiger partial charge in [0.2, 0.25) is 5.91 Å². The van der Waals surface area contributed by atoms with E-state index >= 15 is 0 Å². The lowest BCUT2D eigenvalue weighted by atomic mass is 9.92. The first kappa shape index (κ1) is 18.2. The van der Waals surface area contributed by atoms with Crippen LogP contribution in [0.3, 0.4) is 0 Å². The Hall–Kier alpha value is -2.18. The Kier molecular flexibility index (Phi) is 5.11. The van der Waals surface area contributed by atoms with Gasteiger partial charge in [-0.2, -0.15) is 0 Å². The zero-order chi connectivity index (χ0) is 18.1. The second kappa shape index (κ2) is 6.75. The fraction of sp³-hybridized carbons (Fsp3) is 0.529. The van der Waals surface area contributed by atoms with Crippen molar-refractivity contribution in [2.24, 2.45) is 0 Å². The van der Waals surface area contributed by atoms with E-state index < -0.39 is 41.1 Å². The normalized spacial score (nSPS) is 21.8. The first-order chi connectivity index (χ1) is 11.1. The molecule has 1 aromatic carbocycles. The largest absolute Gasteiger partial charge is 0.465 e. The van der Waals surface area contributed by atoms with Crippen LogP contribution in [-0.4, -0.2) is 40.1 Å². The van der Waals surface area contributed by atoms with Crippen LogP contribution in [0, 0.1) is 11.6 Å². The lowest BCUT2D eigenvalue weighted by Gasteiger charge is -2.38. The third kappa shape index (κ3) is 3.66. The standard InChI is InChI=1S/C17H22F2N2O3/c1-17(2,3)21(16(23)24)13-8-7-10(9-20-15(13)22)11-5-4-6-12(18)14(11)19/h4-6,10,13H,7-9H2,1-3H3,(H,20,22)(H,23,24)/t10-,13-/m1/s1. The Morgan fingerprint density at radius 1 is 1.29 bits per heavy atom. The molecule has 1 saturated heterocycles. The smallest absolute Gasteiger partial charge is 0.408 e. The summed E-state index contributed by atoms with van der Waals surface area (Å²) in [6.07, 6.45) is -0.558. The number of benzene rings is 1. The summed E-state index contributed by atoms with van der Waals surface area (Å²) in [4.78, 5) is 25.1. The summed E-state index contributed by atoms with van der Waals surface area (Å²) in [5, 5.41) is 12.1. The fourth-order valence-electron chi connectivity index (χ4n) is 3.17. The molecule has 1 aliphatic heterocycles. The average molecular weight is 340 g/mol. The van der Waals surface area contributed by atoms with E-state index in [9.17, 15) is 23.5 Å². The van der Waals surface area contributed by atoms with Crippen molar-refractivity contribution in [2.45, 2.75) is 51.1 Å². The van der Waals surface area contributed by atoms with Gasteiger partial charge in [-0.15, -0.1) is 0 Å². The molecule has 1 fully saturated rings. The molecule has 2 N–H and O–H groups in total. The summed E-state index contributed by atoms with van der Waals surface area (Å²) < 4.78 is 27.4. The van der Waals surface area contributed by atoms with Crippen LogP contribution >= 0.6 is 0 Å². The number of hydrogen-bond donors (Lipinski definition) is 2. The van der Waals surface area contributed by atoms with Crippen LogP contribution in [0.15, 0.2) is 18.2 Å². The Balaban J connectivity index is 2.26. The van der Waals surface area contributed by atoms with Crippen molar-refractivity contribution in [2.75, 3.05) is 6.54 Å². The van der Waals surface area contributed by atoms with E-state index in [-0.39, 0.29) is 18.5 Å². The third-order valence-corrected chi connectivity index (χ3v) is 4.28. The SMILES string of the molecule is CC(C)(C)N(C(=O)O)[C@@H]1CC[C@@H](c2cccc(F)c2F)CNC1=O. The second-order valence-corrected chi connectivity index (χ2v) is 7.00. The Bertz CT molecular complexity index is 643. The predicted octanol–water partition coefficient (Wildman–Crippen LogP) is 3.11. The fourth-order valence-corrected chi connectivity index (χ4v) is 3.17. The van der Waals surface area contributed by atoms with E-state index in [0.717, 1.165) is 11.0 Å². The summed E-state index contributed by atoms with van der Waals surface area (Å²) >= 11 is 0. The Morgan fingerprint density at radius 2 is 1.96 bits per heavy atom. The molecule has 132 valence electrons. The molecular formula is C17H22F2N2O3. The van der Waals surface area contributed by atoms with E-state index in [1.807, 2.05) is 0 Å². The predicted molar refractivity (Wildman–Crippen MR) is 84.7 cm³/mol. The zero-order valence-electron chi connectivity index (χ0n) is 14.0. The minimum atomic E-state index is -1.18. The molecule has 0 radical (unpaired) electrons. The summed E-state index contributed by atoms with van der Waals surface area (Å²) in [6.45, 7) is 5.28.